The highest BCUT2D eigenvalue weighted by atomic mass is 31.2. The number of unbranched alkanes of at least 4 members (excludes halogenated alkanes) is 25. The molecule has 0 aliphatic heterocycles. The average molecular weight is 949 g/mol. The first-order valence-electron chi connectivity index (χ1n) is 27.0. The van der Waals surface area contributed by atoms with Crippen molar-refractivity contribution in [1.29, 1.82) is 0 Å². The number of ether oxygens (including phenoxy) is 2. The summed E-state index contributed by atoms with van der Waals surface area (Å²) >= 11 is 0. The molecular weight excluding hydrogens is 846 g/mol. The fourth-order valence-electron chi connectivity index (χ4n) is 7.30. The van der Waals surface area contributed by atoms with E-state index in [2.05, 4.69) is 74.6 Å². The van der Waals surface area contributed by atoms with Crippen molar-refractivity contribution in [3.63, 3.8) is 0 Å². The summed E-state index contributed by atoms with van der Waals surface area (Å²) in [6.45, 7) is 4.38. The normalized spacial score (nSPS) is 13.8. The third-order valence-electron chi connectivity index (χ3n) is 11.5. The van der Waals surface area contributed by atoms with Crippen LogP contribution in [0.15, 0.2) is 60.8 Å². The smallest absolute Gasteiger partial charge is 0.462 e. The standard InChI is InChI=1S/C56H102NO8P/c1-6-8-10-12-14-16-18-20-22-24-26-28-30-32-34-36-38-40-42-44-46-48-55(58)62-52-54(53-64-66(60,61)63-51-50-57(3,4)5)65-56(59)49-47-45-43-41-39-37-35-33-31-29-27-25-23-21-19-17-15-13-11-9-7-2/h21-24,28,30,34,36,40,42,54H,6-20,25-27,29,31-33,35,37-39,41,43-53H2,1-5H3/p+1/b23-21+,24-22+,30-28+,36-34+,42-40+/t54-/m1/s1. The molecule has 0 bridgehead atoms. The Morgan fingerprint density at radius 1 is 0.470 bits per heavy atom. The van der Waals surface area contributed by atoms with Gasteiger partial charge >= 0.3 is 19.8 Å². The van der Waals surface area contributed by atoms with E-state index in [1.807, 2.05) is 21.1 Å². The zero-order chi connectivity index (χ0) is 48.5. The number of phosphoric acid groups is 1. The molecule has 0 aromatic carbocycles. The van der Waals surface area contributed by atoms with Crippen LogP contribution in [0.3, 0.4) is 0 Å². The van der Waals surface area contributed by atoms with Crippen molar-refractivity contribution < 1.29 is 42.1 Å². The van der Waals surface area contributed by atoms with Crippen LogP contribution in [0, 0.1) is 0 Å². The van der Waals surface area contributed by atoms with E-state index in [9.17, 15) is 19.0 Å². The number of esters is 2. The molecule has 2 atom stereocenters. The van der Waals surface area contributed by atoms with Crippen LogP contribution in [-0.2, 0) is 32.7 Å². The first kappa shape index (κ1) is 63.7. The van der Waals surface area contributed by atoms with Gasteiger partial charge in [-0.25, -0.2) is 4.57 Å². The predicted octanol–water partition coefficient (Wildman–Crippen LogP) is 16.4. The molecule has 384 valence electrons. The Bertz CT molecular complexity index is 1300. The minimum Gasteiger partial charge on any atom is -0.462 e. The molecule has 0 fully saturated rings. The summed E-state index contributed by atoms with van der Waals surface area (Å²) < 4.78 is 34.4. The summed E-state index contributed by atoms with van der Waals surface area (Å²) in [5, 5.41) is 0. The largest absolute Gasteiger partial charge is 0.472 e. The Labute approximate surface area is 406 Å². The Kier molecular flexibility index (Phi) is 46.1. The molecule has 0 aliphatic carbocycles. The molecule has 0 radical (unpaired) electrons. The van der Waals surface area contributed by atoms with Gasteiger partial charge in [0.2, 0.25) is 0 Å². The van der Waals surface area contributed by atoms with Crippen molar-refractivity contribution in [1.82, 2.24) is 0 Å². The van der Waals surface area contributed by atoms with Gasteiger partial charge in [0, 0.05) is 12.8 Å². The molecule has 0 spiro atoms. The Morgan fingerprint density at radius 2 is 0.833 bits per heavy atom. The van der Waals surface area contributed by atoms with Crippen LogP contribution in [0.2, 0.25) is 0 Å². The van der Waals surface area contributed by atoms with Crippen LogP contribution in [0.25, 0.3) is 0 Å². The van der Waals surface area contributed by atoms with E-state index >= 15 is 0 Å². The molecule has 66 heavy (non-hydrogen) atoms. The molecule has 0 saturated heterocycles. The molecule has 1 N–H and O–H groups in total. The molecule has 0 aliphatic rings. The average Bonchev–Trinajstić information content (AvgIpc) is 3.27. The number of allylic oxidation sites excluding steroid dienone is 10. The lowest BCUT2D eigenvalue weighted by atomic mass is 10.0. The second-order valence-corrected chi connectivity index (χ2v) is 20.7. The highest BCUT2D eigenvalue weighted by Crippen LogP contribution is 2.43. The number of carbonyl (C=O) groups excluding carboxylic acids is 2. The van der Waals surface area contributed by atoms with Gasteiger partial charge in [-0.2, -0.15) is 0 Å². The van der Waals surface area contributed by atoms with Crippen molar-refractivity contribution in [2.75, 3.05) is 47.5 Å². The van der Waals surface area contributed by atoms with E-state index in [4.69, 9.17) is 18.5 Å². The summed E-state index contributed by atoms with van der Waals surface area (Å²) in [6.07, 6.45) is 60.0. The van der Waals surface area contributed by atoms with Gasteiger partial charge in [0.25, 0.3) is 0 Å². The van der Waals surface area contributed by atoms with Gasteiger partial charge in [0.05, 0.1) is 27.7 Å². The first-order chi connectivity index (χ1) is 32.0. The number of rotatable bonds is 49. The van der Waals surface area contributed by atoms with Gasteiger partial charge in [-0.05, 0) is 77.0 Å². The maximum atomic E-state index is 12.8. The quantitative estimate of drug-likeness (QED) is 0.0211. The number of hydrogen-bond donors (Lipinski definition) is 1. The number of nitrogens with zero attached hydrogens (tertiary/aromatic N) is 1. The lowest BCUT2D eigenvalue weighted by Crippen LogP contribution is -2.37. The number of likely N-dealkylation sites (N-methyl/N-ethyl adjacent to an activating group) is 1. The molecule has 0 aromatic rings. The van der Waals surface area contributed by atoms with E-state index in [0.717, 1.165) is 44.9 Å². The van der Waals surface area contributed by atoms with Crippen molar-refractivity contribution >= 4 is 19.8 Å². The van der Waals surface area contributed by atoms with Crippen molar-refractivity contribution in [2.24, 2.45) is 0 Å². The molecule has 0 aromatic heterocycles. The van der Waals surface area contributed by atoms with Crippen molar-refractivity contribution in [3.05, 3.63) is 60.8 Å². The van der Waals surface area contributed by atoms with E-state index in [1.165, 1.54) is 148 Å². The fourth-order valence-corrected chi connectivity index (χ4v) is 8.04. The molecular formula is C56H103NO8P+. The Balaban J connectivity index is 4.31. The third kappa shape index (κ3) is 51.1. The van der Waals surface area contributed by atoms with Gasteiger partial charge in [0.15, 0.2) is 6.10 Å². The Morgan fingerprint density at radius 3 is 1.27 bits per heavy atom. The lowest BCUT2D eigenvalue weighted by Gasteiger charge is -2.24. The van der Waals surface area contributed by atoms with Gasteiger partial charge in [-0.15, -0.1) is 0 Å². The summed E-state index contributed by atoms with van der Waals surface area (Å²) in [4.78, 5) is 35.6. The maximum Gasteiger partial charge on any atom is 0.472 e. The van der Waals surface area contributed by atoms with Crippen LogP contribution in [0.1, 0.15) is 232 Å². The molecule has 0 amide bonds. The number of phosphoric ester groups is 1. The Hall–Kier alpha value is -2.29. The summed E-state index contributed by atoms with van der Waals surface area (Å²) in [7, 11) is 1.45. The SMILES string of the molecule is CCCCCCCC/C=C/CCCCCCCCCCCCCC(=O)O[C@H](COC(=O)CCC/C=C/C/C=C/C/C=C/C/C=C/CCCCCCCCC)COP(=O)(O)OCC[N+](C)(C)C. The molecule has 9 nitrogen and oxygen atoms in total. The second-order valence-electron chi connectivity index (χ2n) is 19.3. The van der Waals surface area contributed by atoms with Gasteiger partial charge in [0.1, 0.15) is 19.8 Å². The van der Waals surface area contributed by atoms with Crippen LogP contribution >= 0.6 is 7.82 Å². The number of hydrogen-bond acceptors (Lipinski definition) is 7. The molecule has 0 rings (SSSR count). The summed E-state index contributed by atoms with van der Waals surface area (Å²) in [6, 6.07) is 0. The van der Waals surface area contributed by atoms with Crippen molar-refractivity contribution in [3.8, 4) is 0 Å². The predicted molar refractivity (Wildman–Crippen MR) is 279 cm³/mol. The highest BCUT2D eigenvalue weighted by molar-refractivity contribution is 7.47. The van der Waals surface area contributed by atoms with E-state index < -0.39 is 32.5 Å². The van der Waals surface area contributed by atoms with Crippen molar-refractivity contribution in [2.45, 2.75) is 238 Å². The van der Waals surface area contributed by atoms with Crippen LogP contribution in [0.4, 0.5) is 0 Å². The van der Waals surface area contributed by atoms with Crippen LogP contribution in [0.5, 0.6) is 0 Å². The van der Waals surface area contributed by atoms with E-state index in [0.29, 0.717) is 23.9 Å². The lowest BCUT2D eigenvalue weighted by molar-refractivity contribution is -0.870. The molecule has 0 heterocycles. The number of quaternary nitrogens is 1. The van der Waals surface area contributed by atoms with Gasteiger partial charge in [-0.3, -0.25) is 18.6 Å². The maximum absolute atomic E-state index is 12.8. The second kappa shape index (κ2) is 47.8. The third-order valence-corrected chi connectivity index (χ3v) is 12.5. The summed E-state index contributed by atoms with van der Waals surface area (Å²) in [5.74, 6) is -0.861. The zero-order valence-corrected chi connectivity index (χ0v) is 44.3. The zero-order valence-electron chi connectivity index (χ0n) is 43.4. The summed E-state index contributed by atoms with van der Waals surface area (Å²) in [5.41, 5.74) is 0. The molecule has 0 saturated carbocycles. The van der Waals surface area contributed by atoms with Gasteiger partial charge in [-0.1, -0.05) is 203 Å². The first-order valence-corrected chi connectivity index (χ1v) is 28.5. The molecule has 1 unspecified atom stereocenters. The minimum absolute atomic E-state index is 0.0216. The topological polar surface area (TPSA) is 108 Å². The minimum atomic E-state index is -4.40. The number of carbonyl (C=O) groups is 2. The molecule has 10 heteroatoms. The van der Waals surface area contributed by atoms with E-state index in [1.54, 1.807) is 0 Å². The van der Waals surface area contributed by atoms with Gasteiger partial charge < -0.3 is 18.9 Å². The fraction of sp³-hybridized carbons (Fsp3) is 0.786. The highest BCUT2D eigenvalue weighted by Gasteiger charge is 2.27. The van der Waals surface area contributed by atoms with E-state index in [-0.39, 0.29) is 26.1 Å². The van der Waals surface area contributed by atoms with Crippen LogP contribution < -0.4 is 0 Å². The van der Waals surface area contributed by atoms with Crippen LogP contribution in [-0.4, -0.2) is 74.9 Å². The monoisotopic (exact) mass is 949 g/mol.